The van der Waals surface area contributed by atoms with E-state index in [0.29, 0.717) is 29.5 Å². The number of likely N-dealkylation sites (N-methyl/N-ethyl adjacent to an activating group) is 1. The van der Waals surface area contributed by atoms with Crippen molar-refractivity contribution in [3.8, 4) is 0 Å². The molecule has 0 bridgehead atoms. The second-order valence-electron chi connectivity index (χ2n) is 13.4. The van der Waals surface area contributed by atoms with Crippen LogP contribution < -0.4 is 10.6 Å². The topological polar surface area (TPSA) is 144 Å². The summed E-state index contributed by atoms with van der Waals surface area (Å²) in [5.74, 6) is -2.16. The summed E-state index contributed by atoms with van der Waals surface area (Å²) >= 11 is 0. The Kier molecular flexibility index (Phi) is 15.0. The van der Waals surface area contributed by atoms with Gasteiger partial charge in [-0.1, -0.05) is 63.8 Å². The smallest absolute Gasteiger partial charge is 0.338 e. The third-order valence-electron chi connectivity index (χ3n) is 9.10. The number of ether oxygens (including phenoxy) is 3. The number of carbonyl (C=O) groups is 4. The molecule has 1 fully saturated rings. The third kappa shape index (κ3) is 11.3. The highest BCUT2D eigenvalue weighted by Crippen LogP contribution is 2.43. The van der Waals surface area contributed by atoms with Crippen LogP contribution in [0.1, 0.15) is 103 Å². The van der Waals surface area contributed by atoms with Gasteiger partial charge in [0.2, 0.25) is 11.8 Å². The zero-order valence-electron chi connectivity index (χ0n) is 30.3. The molecule has 0 saturated carbocycles. The maximum absolute atomic E-state index is 13.6. The minimum absolute atomic E-state index is 0.138. The molecule has 11 nitrogen and oxygen atoms in total. The van der Waals surface area contributed by atoms with Gasteiger partial charge in [0, 0.05) is 63.7 Å². The molecule has 0 aromatic heterocycles. The van der Waals surface area contributed by atoms with E-state index in [9.17, 15) is 19.2 Å². The van der Waals surface area contributed by atoms with Gasteiger partial charge in [-0.25, -0.2) is 4.79 Å². The van der Waals surface area contributed by atoms with Gasteiger partial charge in [0.15, 0.2) is 5.79 Å². The van der Waals surface area contributed by atoms with Gasteiger partial charge in [0.05, 0.1) is 12.2 Å². The highest BCUT2D eigenvalue weighted by atomic mass is 16.8. The van der Waals surface area contributed by atoms with E-state index in [1.54, 1.807) is 68.7 Å². The summed E-state index contributed by atoms with van der Waals surface area (Å²) in [5, 5.41) is 14.6. The monoisotopic (exact) mass is 703 g/mol. The number of hydrogen-bond donors (Lipinski definition) is 3. The van der Waals surface area contributed by atoms with E-state index in [0.717, 1.165) is 49.7 Å². The fourth-order valence-corrected chi connectivity index (χ4v) is 6.24. The van der Waals surface area contributed by atoms with Crippen molar-refractivity contribution in [2.45, 2.75) is 102 Å². The number of carbonyl (C=O) groups excluding carboxylic acids is 4. The van der Waals surface area contributed by atoms with Crippen molar-refractivity contribution in [1.82, 2.24) is 15.5 Å². The highest BCUT2D eigenvalue weighted by Gasteiger charge is 2.52. The standard InChI is InChI=1S/C40H53N3O8/c1-5-7-9-20-40(21-10-8-6-2)50-34-26-32(38(47)42-27-29-12-11-13-31(24-29)37(46)41-22-23-44)25-33(36(34)51-40)49-39(48)30-17-14-28(15-18-30)16-19-35(45)43(3)4/h11-19,24,26,33-34,36,44H,5-10,20-23,25,27H2,1-4H3,(H,41,46)(H,42,47). The Hall–Kier alpha value is -4.32. The van der Waals surface area contributed by atoms with E-state index in [4.69, 9.17) is 19.3 Å². The maximum atomic E-state index is 13.6. The minimum Gasteiger partial charge on any atom is -0.456 e. The molecule has 11 heteroatoms. The number of nitrogens with one attached hydrogen (secondary N) is 2. The van der Waals surface area contributed by atoms with Crippen LogP contribution in [-0.4, -0.2) is 85.0 Å². The Labute approximate surface area is 301 Å². The molecule has 0 radical (unpaired) electrons. The number of nitrogens with zero attached hydrogens (tertiary/aromatic N) is 1. The first kappa shape index (κ1) is 39.5. The second-order valence-corrected chi connectivity index (χ2v) is 13.4. The Bertz CT molecular complexity index is 1540. The summed E-state index contributed by atoms with van der Waals surface area (Å²) in [4.78, 5) is 53.0. The van der Waals surface area contributed by atoms with E-state index in [-0.39, 0.29) is 43.8 Å². The first-order valence-electron chi connectivity index (χ1n) is 18.1. The Balaban J connectivity index is 1.53. The SMILES string of the molecule is CCCCCC1(CCCCC)OC2C=C(C(=O)NCc3cccc(C(=O)NCCO)c3)CC(OC(=O)c3ccc(C=CC(=O)N(C)C)cc3)C2O1. The van der Waals surface area contributed by atoms with Crippen LogP contribution in [0, 0.1) is 0 Å². The quantitative estimate of drug-likeness (QED) is 0.108. The average Bonchev–Trinajstić information content (AvgIpc) is 3.51. The normalized spacial score (nSPS) is 19.2. The maximum Gasteiger partial charge on any atom is 0.338 e. The zero-order valence-corrected chi connectivity index (χ0v) is 30.3. The molecule has 3 atom stereocenters. The molecule has 276 valence electrons. The van der Waals surface area contributed by atoms with Crippen LogP contribution in [0.2, 0.25) is 0 Å². The van der Waals surface area contributed by atoms with Crippen molar-refractivity contribution < 1.29 is 38.5 Å². The van der Waals surface area contributed by atoms with Gasteiger partial charge in [-0.3, -0.25) is 14.4 Å². The molecule has 0 spiro atoms. The Morgan fingerprint density at radius 2 is 1.63 bits per heavy atom. The van der Waals surface area contributed by atoms with Gasteiger partial charge < -0.3 is 34.9 Å². The molecule has 1 saturated heterocycles. The van der Waals surface area contributed by atoms with Crippen molar-refractivity contribution in [2.24, 2.45) is 0 Å². The molecule has 1 aliphatic carbocycles. The van der Waals surface area contributed by atoms with Gasteiger partial charge >= 0.3 is 5.97 Å². The Morgan fingerprint density at radius 1 is 0.922 bits per heavy atom. The lowest BCUT2D eigenvalue weighted by molar-refractivity contribution is -0.190. The molecular weight excluding hydrogens is 650 g/mol. The summed E-state index contributed by atoms with van der Waals surface area (Å²) in [6.07, 6.45) is 10.6. The lowest BCUT2D eigenvalue weighted by atomic mass is 9.91. The number of fused-ring (bicyclic) bond motifs is 1. The van der Waals surface area contributed by atoms with E-state index < -0.39 is 30.1 Å². The molecule has 4 rings (SSSR count). The van der Waals surface area contributed by atoms with Gasteiger partial charge in [-0.2, -0.15) is 0 Å². The minimum atomic E-state index is -0.832. The van der Waals surface area contributed by atoms with E-state index in [1.165, 1.54) is 11.0 Å². The second kappa shape index (κ2) is 19.3. The summed E-state index contributed by atoms with van der Waals surface area (Å²) in [7, 11) is 3.35. The molecule has 51 heavy (non-hydrogen) atoms. The lowest BCUT2D eigenvalue weighted by Gasteiger charge is -2.31. The van der Waals surface area contributed by atoms with Gasteiger partial charge in [-0.15, -0.1) is 0 Å². The molecule has 2 aromatic rings. The van der Waals surface area contributed by atoms with Gasteiger partial charge in [0.1, 0.15) is 18.3 Å². The summed E-state index contributed by atoms with van der Waals surface area (Å²) in [6, 6.07) is 13.7. The molecule has 1 heterocycles. The third-order valence-corrected chi connectivity index (χ3v) is 9.10. The van der Waals surface area contributed by atoms with Gasteiger partial charge in [0.25, 0.3) is 5.91 Å². The van der Waals surface area contributed by atoms with Crippen LogP contribution in [0.15, 0.2) is 66.3 Å². The highest BCUT2D eigenvalue weighted by molar-refractivity contribution is 5.95. The van der Waals surface area contributed by atoms with E-state index >= 15 is 0 Å². The molecular formula is C40H53N3O8. The molecule has 2 aromatic carbocycles. The number of benzene rings is 2. The summed E-state index contributed by atoms with van der Waals surface area (Å²) in [6.45, 7) is 4.46. The van der Waals surface area contributed by atoms with E-state index in [2.05, 4.69) is 24.5 Å². The fourth-order valence-electron chi connectivity index (χ4n) is 6.24. The van der Waals surface area contributed by atoms with Crippen LogP contribution in [0.5, 0.6) is 0 Å². The number of esters is 1. The predicted molar refractivity (Wildman–Crippen MR) is 195 cm³/mol. The average molecular weight is 704 g/mol. The summed E-state index contributed by atoms with van der Waals surface area (Å²) < 4.78 is 19.5. The van der Waals surface area contributed by atoms with Crippen LogP contribution in [0.3, 0.4) is 0 Å². The Morgan fingerprint density at radius 3 is 2.27 bits per heavy atom. The van der Waals surface area contributed by atoms with Crippen LogP contribution in [-0.2, 0) is 30.3 Å². The van der Waals surface area contributed by atoms with Crippen molar-refractivity contribution >= 4 is 29.8 Å². The first-order valence-corrected chi connectivity index (χ1v) is 18.1. The van der Waals surface area contributed by atoms with Crippen LogP contribution in [0.4, 0.5) is 0 Å². The largest absolute Gasteiger partial charge is 0.456 e. The zero-order chi connectivity index (χ0) is 36.8. The van der Waals surface area contributed by atoms with Crippen LogP contribution >= 0.6 is 0 Å². The molecule has 2 aliphatic rings. The number of unbranched alkanes of at least 4 members (excludes halogenated alkanes) is 4. The van der Waals surface area contributed by atoms with Gasteiger partial charge in [-0.05, 0) is 60.4 Å². The molecule has 3 N–H and O–H groups in total. The number of rotatable bonds is 18. The number of aliphatic hydroxyl groups is 1. The number of hydrogen-bond acceptors (Lipinski definition) is 8. The number of aliphatic hydroxyl groups excluding tert-OH is 1. The molecule has 3 amide bonds. The molecule has 1 aliphatic heterocycles. The molecule has 3 unspecified atom stereocenters. The number of amides is 3. The van der Waals surface area contributed by atoms with E-state index in [1.807, 2.05) is 6.07 Å². The lowest BCUT2D eigenvalue weighted by Crippen LogP contribution is -2.43. The van der Waals surface area contributed by atoms with Crippen LogP contribution in [0.25, 0.3) is 6.08 Å². The van der Waals surface area contributed by atoms with Crippen molar-refractivity contribution in [2.75, 3.05) is 27.2 Å². The predicted octanol–water partition coefficient (Wildman–Crippen LogP) is 5.32. The summed E-state index contributed by atoms with van der Waals surface area (Å²) in [5.41, 5.74) is 2.68. The first-order chi connectivity index (χ1) is 24.6. The van der Waals surface area contributed by atoms with Crippen molar-refractivity contribution in [3.05, 3.63) is 88.5 Å². The fraction of sp³-hybridized carbons (Fsp3) is 0.500. The van der Waals surface area contributed by atoms with Crippen molar-refractivity contribution in [1.29, 1.82) is 0 Å². The van der Waals surface area contributed by atoms with Crippen molar-refractivity contribution in [3.63, 3.8) is 0 Å².